The number of likely N-dealkylation sites (N-methyl/N-ethyl adjacent to an activating group) is 1. The van der Waals surface area contributed by atoms with E-state index in [0.29, 0.717) is 5.57 Å². The summed E-state index contributed by atoms with van der Waals surface area (Å²) in [6, 6.07) is 0. The first kappa shape index (κ1) is 28.6. The van der Waals surface area contributed by atoms with Crippen molar-refractivity contribution in [3.63, 3.8) is 0 Å². The van der Waals surface area contributed by atoms with Gasteiger partial charge >= 0.3 is 0 Å². The van der Waals surface area contributed by atoms with Crippen molar-refractivity contribution in [2.45, 2.75) is 103 Å². The Morgan fingerprint density at radius 2 is 1.14 bits per heavy atom. The molecular weight excluding hydrogens is 348 g/mol. The largest absolute Gasteiger partial charge is 0.366 e. The molecule has 0 aromatic rings. The first-order chi connectivity index (χ1) is 13.4. The molecule has 0 bridgehead atoms. The van der Waals surface area contributed by atoms with Crippen LogP contribution in [-0.2, 0) is 9.59 Å². The van der Waals surface area contributed by atoms with Gasteiger partial charge < -0.3 is 10.6 Å². The molecule has 0 atom stereocenters. The summed E-state index contributed by atoms with van der Waals surface area (Å²) >= 11 is 0. The molecule has 2 N–H and O–H groups in total. The zero-order valence-corrected chi connectivity index (χ0v) is 18.9. The molecule has 0 spiro atoms. The molecule has 0 unspecified atom stereocenters. The van der Waals surface area contributed by atoms with E-state index in [1.54, 1.807) is 14.1 Å². The number of carbonyl (C=O) groups is 2. The summed E-state index contributed by atoms with van der Waals surface area (Å²) in [5, 5.41) is 0. The number of hydrogen-bond donors (Lipinski definition) is 1. The van der Waals surface area contributed by atoms with Crippen LogP contribution in [0, 0.1) is 0 Å². The first-order valence-electron chi connectivity index (χ1n) is 11.2. The lowest BCUT2D eigenvalue weighted by Crippen LogP contribution is -2.18. The third-order valence-corrected chi connectivity index (χ3v) is 4.80. The summed E-state index contributed by atoms with van der Waals surface area (Å²) in [5.74, 6) is -0.398. The maximum Gasteiger partial charge on any atom is 0.245 e. The van der Waals surface area contributed by atoms with E-state index in [1.807, 2.05) is 0 Å². The van der Waals surface area contributed by atoms with E-state index >= 15 is 0 Å². The van der Waals surface area contributed by atoms with Crippen LogP contribution in [0.2, 0.25) is 0 Å². The third-order valence-electron chi connectivity index (χ3n) is 4.80. The Balaban J connectivity index is 0. The summed E-state index contributed by atoms with van der Waals surface area (Å²) in [4.78, 5) is 22.6. The molecule has 2 amide bonds. The number of unbranched alkanes of at least 4 members (excludes halogenated alkanes) is 13. The molecule has 0 aromatic carbocycles. The molecular formula is C24H46N2O2. The number of rotatable bonds is 17. The van der Waals surface area contributed by atoms with Crippen LogP contribution in [0.25, 0.3) is 0 Å². The highest BCUT2D eigenvalue weighted by Gasteiger charge is 2.00. The van der Waals surface area contributed by atoms with Crippen molar-refractivity contribution in [3.05, 3.63) is 24.8 Å². The SMILES string of the molecule is C=C(CCCCCCCCCCCCCCCC)C(N)=O.C=CC(=O)N(C)C. The number of hydrogen-bond acceptors (Lipinski definition) is 2. The second-order valence-electron chi connectivity index (χ2n) is 7.75. The number of nitrogens with zero attached hydrogens (tertiary/aromatic N) is 1. The minimum Gasteiger partial charge on any atom is -0.366 e. The minimum atomic E-state index is -0.343. The van der Waals surface area contributed by atoms with Crippen molar-refractivity contribution in [2.24, 2.45) is 5.73 Å². The molecule has 0 aliphatic heterocycles. The molecule has 0 saturated heterocycles. The van der Waals surface area contributed by atoms with Crippen molar-refractivity contribution in [3.8, 4) is 0 Å². The molecule has 0 heterocycles. The lowest BCUT2D eigenvalue weighted by atomic mass is 10.0. The van der Waals surface area contributed by atoms with Crippen molar-refractivity contribution >= 4 is 11.8 Å². The average molecular weight is 395 g/mol. The molecule has 0 aliphatic rings. The summed E-state index contributed by atoms with van der Waals surface area (Å²) in [6.45, 7) is 9.24. The van der Waals surface area contributed by atoms with Crippen LogP contribution in [0.4, 0.5) is 0 Å². The maximum absolute atomic E-state index is 10.8. The Kier molecular flexibility index (Phi) is 22.2. The van der Waals surface area contributed by atoms with Gasteiger partial charge in [0.05, 0.1) is 0 Å². The van der Waals surface area contributed by atoms with Gasteiger partial charge in [0.2, 0.25) is 11.8 Å². The Morgan fingerprint density at radius 1 is 0.786 bits per heavy atom. The molecule has 0 fully saturated rings. The van der Waals surface area contributed by atoms with Gasteiger partial charge in [0.1, 0.15) is 0 Å². The summed E-state index contributed by atoms with van der Waals surface area (Å²) in [5.41, 5.74) is 5.73. The normalized spacial score (nSPS) is 9.96. The zero-order valence-electron chi connectivity index (χ0n) is 18.9. The van der Waals surface area contributed by atoms with E-state index in [9.17, 15) is 9.59 Å². The fraction of sp³-hybridized carbons (Fsp3) is 0.750. The van der Waals surface area contributed by atoms with Gasteiger partial charge in [-0.05, 0) is 18.9 Å². The molecule has 28 heavy (non-hydrogen) atoms. The van der Waals surface area contributed by atoms with Gasteiger partial charge in [-0.1, -0.05) is 104 Å². The van der Waals surface area contributed by atoms with Crippen LogP contribution in [0.3, 0.4) is 0 Å². The van der Waals surface area contributed by atoms with Crippen molar-refractivity contribution < 1.29 is 9.59 Å². The van der Waals surface area contributed by atoms with Crippen LogP contribution in [-0.4, -0.2) is 30.8 Å². The van der Waals surface area contributed by atoms with Gasteiger partial charge in [0.15, 0.2) is 0 Å². The van der Waals surface area contributed by atoms with Crippen LogP contribution < -0.4 is 5.73 Å². The first-order valence-corrected chi connectivity index (χ1v) is 11.2. The lowest BCUT2D eigenvalue weighted by molar-refractivity contribution is -0.123. The number of carbonyl (C=O) groups excluding carboxylic acids is 2. The second kappa shape index (κ2) is 21.7. The number of primary amides is 1. The lowest BCUT2D eigenvalue weighted by Gasteiger charge is -2.03. The van der Waals surface area contributed by atoms with E-state index in [2.05, 4.69) is 20.1 Å². The molecule has 164 valence electrons. The van der Waals surface area contributed by atoms with E-state index in [4.69, 9.17) is 5.73 Å². The summed E-state index contributed by atoms with van der Waals surface area (Å²) < 4.78 is 0. The average Bonchev–Trinajstić information content (AvgIpc) is 2.67. The highest BCUT2D eigenvalue weighted by molar-refractivity contribution is 5.91. The fourth-order valence-electron chi connectivity index (χ4n) is 2.84. The van der Waals surface area contributed by atoms with Gasteiger partial charge in [0, 0.05) is 19.7 Å². The number of nitrogens with two attached hydrogens (primary N) is 1. The third kappa shape index (κ3) is 22.5. The summed E-state index contributed by atoms with van der Waals surface area (Å²) in [6.07, 6.45) is 21.0. The van der Waals surface area contributed by atoms with Crippen LogP contribution >= 0.6 is 0 Å². The quantitative estimate of drug-likeness (QED) is 0.237. The fourth-order valence-corrected chi connectivity index (χ4v) is 2.84. The Labute approximate surface area is 174 Å². The molecule has 4 heteroatoms. The molecule has 0 aromatic heterocycles. The Hall–Kier alpha value is -1.58. The highest BCUT2D eigenvalue weighted by Crippen LogP contribution is 2.14. The smallest absolute Gasteiger partial charge is 0.245 e. The molecule has 0 radical (unpaired) electrons. The second-order valence-corrected chi connectivity index (χ2v) is 7.75. The molecule has 0 aliphatic carbocycles. The topological polar surface area (TPSA) is 63.4 Å². The van der Waals surface area contributed by atoms with Crippen molar-refractivity contribution in [2.75, 3.05) is 14.1 Å². The van der Waals surface area contributed by atoms with Crippen molar-refractivity contribution in [1.29, 1.82) is 0 Å². The van der Waals surface area contributed by atoms with Crippen LogP contribution in [0.5, 0.6) is 0 Å². The van der Waals surface area contributed by atoms with Crippen LogP contribution in [0.15, 0.2) is 24.8 Å². The maximum atomic E-state index is 10.8. The molecule has 0 saturated carbocycles. The van der Waals surface area contributed by atoms with Crippen LogP contribution in [0.1, 0.15) is 103 Å². The van der Waals surface area contributed by atoms with Gasteiger partial charge in [-0.25, -0.2) is 0 Å². The van der Waals surface area contributed by atoms with Gasteiger partial charge in [0.25, 0.3) is 0 Å². The minimum absolute atomic E-state index is 0.0556. The predicted octanol–water partition coefficient (Wildman–Crippen LogP) is 6.16. The highest BCUT2D eigenvalue weighted by atomic mass is 16.2. The van der Waals surface area contributed by atoms with E-state index < -0.39 is 0 Å². The predicted molar refractivity (Wildman–Crippen MR) is 122 cm³/mol. The zero-order chi connectivity index (χ0) is 21.6. The Morgan fingerprint density at radius 3 is 1.39 bits per heavy atom. The van der Waals surface area contributed by atoms with Gasteiger partial charge in [-0.15, -0.1) is 0 Å². The summed E-state index contributed by atoms with van der Waals surface area (Å²) in [7, 11) is 3.37. The number of amides is 2. The molecule has 4 nitrogen and oxygen atoms in total. The van der Waals surface area contributed by atoms with E-state index in [1.165, 1.54) is 94.4 Å². The van der Waals surface area contributed by atoms with Crippen molar-refractivity contribution in [1.82, 2.24) is 4.90 Å². The standard InChI is InChI=1S/C19H37NO.C5H9NO/c1-3-4-5-6-7-8-9-10-11-12-13-14-15-16-17-18(2)19(20)21;1-4-5(7)6(2)3/h2-17H2,1H3,(H2,20,21);4H,1H2,2-3H3. The monoisotopic (exact) mass is 394 g/mol. The van der Waals surface area contributed by atoms with Gasteiger partial charge in [-0.2, -0.15) is 0 Å². The van der Waals surface area contributed by atoms with E-state index in [-0.39, 0.29) is 11.8 Å². The van der Waals surface area contributed by atoms with E-state index in [0.717, 1.165) is 12.8 Å². The molecule has 0 rings (SSSR count). The Bertz CT molecular complexity index is 417. The van der Waals surface area contributed by atoms with Gasteiger partial charge in [-0.3, -0.25) is 9.59 Å².